The van der Waals surface area contributed by atoms with Gasteiger partial charge in [-0.25, -0.2) is 13.1 Å². The molecule has 1 fully saturated rings. The summed E-state index contributed by atoms with van der Waals surface area (Å²) < 4.78 is 33.8. The van der Waals surface area contributed by atoms with E-state index < -0.39 is 28.3 Å². The predicted molar refractivity (Wildman–Crippen MR) is 123 cm³/mol. The number of nitrogens with one attached hydrogen (secondary N) is 2. The molecule has 174 valence electrons. The van der Waals surface area contributed by atoms with E-state index in [1.54, 1.807) is 30.3 Å². The van der Waals surface area contributed by atoms with Crippen molar-refractivity contribution in [2.24, 2.45) is 0 Å². The molecule has 0 aliphatic carbocycles. The number of benzene rings is 2. The van der Waals surface area contributed by atoms with Crippen molar-refractivity contribution in [2.45, 2.75) is 55.9 Å². The maximum Gasteiger partial charge on any atom is 0.240 e. The normalized spacial score (nSPS) is 21.3. The number of aliphatic hydroxyl groups is 1. The molecule has 3 rings (SSSR count). The Morgan fingerprint density at radius 2 is 1.84 bits per heavy atom. The van der Waals surface area contributed by atoms with Crippen molar-refractivity contribution in [3.05, 3.63) is 63.6 Å². The molecule has 0 saturated carbocycles. The Labute approximate surface area is 198 Å². The van der Waals surface area contributed by atoms with Crippen LogP contribution >= 0.6 is 23.2 Å². The zero-order chi connectivity index (χ0) is 23.3. The minimum Gasteiger partial charge on any atom is -0.394 e. The van der Waals surface area contributed by atoms with Gasteiger partial charge in [-0.05, 0) is 49.6 Å². The second-order valence-corrected chi connectivity index (χ2v) is 10.4. The Kier molecular flexibility index (Phi) is 8.55. The summed E-state index contributed by atoms with van der Waals surface area (Å²) >= 11 is 11.9. The van der Waals surface area contributed by atoms with Crippen molar-refractivity contribution in [1.82, 2.24) is 10.0 Å². The van der Waals surface area contributed by atoms with Gasteiger partial charge in [-0.3, -0.25) is 4.79 Å². The number of amides is 1. The Bertz CT molecular complexity index is 1050. The number of carbonyl (C=O) groups excluding carboxylic acids is 1. The summed E-state index contributed by atoms with van der Waals surface area (Å²) in [5.74, 6) is -0.212. The molecule has 0 aromatic heterocycles. The summed E-state index contributed by atoms with van der Waals surface area (Å²) in [6.07, 6.45) is -0.119. The number of aryl methyl sites for hydroxylation is 1. The van der Waals surface area contributed by atoms with Crippen molar-refractivity contribution in [3.8, 4) is 0 Å². The average Bonchev–Trinajstić information content (AvgIpc) is 2.75. The molecule has 0 spiro atoms. The lowest BCUT2D eigenvalue weighted by molar-refractivity contribution is -0.130. The highest BCUT2D eigenvalue weighted by Gasteiger charge is 2.34. The van der Waals surface area contributed by atoms with Crippen LogP contribution in [0.4, 0.5) is 0 Å². The Balaban J connectivity index is 1.52. The molecule has 7 nitrogen and oxygen atoms in total. The van der Waals surface area contributed by atoms with Crippen molar-refractivity contribution >= 4 is 39.1 Å². The van der Waals surface area contributed by atoms with E-state index in [1.807, 2.05) is 6.92 Å². The van der Waals surface area contributed by atoms with E-state index in [-0.39, 0.29) is 23.8 Å². The van der Waals surface area contributed by atoms with E-state index in [0.29, 0.717) is 29.4 Å². The van der Waals surface area contributed by atoms with Crippen LogP contribution in [0.3, 0.4) is 0 Å². The highest BCUT2D eigenvalue weighted by atomic mass is 35.5. The third-order valence-electron chi connectivity index (χ3n) is 5.32. The summed E-state index contributed by atoms with van der Waals surface area (Å²) in [7, 11) is -3.75. The molecular formula is C22H26Cl2N2O5S. The van der Waals surface area contributed by atoms with Gasteiger partial charge >= 0.3 is 0 Å². The number of hydrogen-bond acceptors (Lipinski definition) is 5. The van der Waals surface area contributed by atoms with Gasteiger partial charge in [0, 0.05) is 6.54 Å². The van der Waals surface area contributed by atoms with E-state index in [2.05, 4.69) is 10.0 Å². The molecular weight excluding hydrogens is 475 g/mol. The van der Waals surface area contributed by atoms with Gasteiger partial charge in [0.25, 0.3) is 0 Å². The van der Waals surface area contributed by atoms with Crippen LogP contribution in [0.1, 0.15) is 30.4 Å². The van der Waals surface area contributed by atoms with Gasteiger partial charge < -0.3 is 15.2 Å². The summed E-state index contributed by atoms with van der Waals surface area (Å²) in [6, 6.07) is 11.1. The SMILES string of the molecule is Cc1ccc(S(=O)(=O)N[C@@H]2CC[C@H](CC(=O)NCc3ccc(Cl)c(Cl)c3)O[C@@H]2CO)cc1. The van der Waals surface area contributed by atoms with E-state index in [1.165, 1.54) is 12.1 Å². The first kappa shape index (κ1) is 25.0. The monoisotopic (exact) mass is 500 g/mol. The van der Waals surface area contributed by atoms with E-state index in [0.717, 1.165) is 11.1 Å². The Hall–Kier alpha value is -1.68. The molecule has 0 bridgehead atoms. The van der Waals surface area contributed by atoms with Crippen molar-refractivity contribution in [2.75, 3.05) is 6.61 Å². The molecule has 0 unspecified atom stereocenters. The second-order valence-electron chi connectivity index (χ2n) is 7.83. The van der Waals surface area contributed by atoms with Crippen molar-refractivity contribution < 1.29 is 23.1 Å². The largest absolute Gasteiger partial charge is 0.394 e. The third-order valence-corrected chi connectivity index (χ3v) is 7.57. The number of sulfonamides is 1. The maximum absolute atomic E-state index is 12.7. The first-order valence-electron chi connectivity index (χ1n) is 10.2. The van der Waals surface area contributed by atoms with Crippen LogP contribution in [0.15, 0.2) is 47.4 Å². The van der Waals surface area contributed by atoms with Gasteiger partial charge in [0.05, 0.1) is 46.2 Å². The van der Waals surface area contributed by atoms with Crippen LogP contribution in [-0.2, 0) is 26.1 Å². The topological polar surface area (TPSA) is 105 Å². The highest BCUT2D eigenvalue weighted by Crippen LogP contribution is 2.24. The Morgan fingerprint density at radius 3 is 2.50 bits per heavy atom. The molecule has 1 amide bonds. The lowest BCUT2D eigenvalue weighted by Gasteiger charge is -2.35. The van der Waals surface area contributed by atoms with Gasteiger partial charge in [0.15, 0.2) is 0 Å². The number of aliphatic hydroxyl groups excluding tert-OH is 1. The van der Waals surface area contributed by atoms with Crippen LogP contribution in [-0.4, -0.2) is 44.3 Å². The smallest absolute Gasteiger partial charge is 0.240 e. The number of carbonyl (C=O) groups is 1. The summed E-state index contributed by atoms with van der Waals surface area (Å²) in [5.41, 5.74) is 1.77. The van der Waals surface area contributed by atoms with E-state index in [4.69, 9.17) is 27.9 Å². The molecule has 3 atom stereocenters. The lowest BCUT2D eigenvalue weighted by Crippen LogP contribution is -2.51. The molecule has 32 heavy (non-hydrogen) atoms. The first-order chi connectivity index (χ1) is 15.2. The van der Waals surface area contributed by atoms with Crippen LogP contribution < -0.4 is 10.0 Å². The molecule has 1 aliphatic heterocycles. The van der Waals surface area contributed by atoms with Crippen LogP contribution in [0.2, 0.25) is 10.0 Å². The number of ether oxygens (including phenoxy) is 1. The molecule has 10 heteroatoms. The first-order valence-corrected chi connectivity index (χ1v) is 12.5. The van der Waals surface area contributed by atoms with Gasteiger partial charge in [0.1, 0.15) is 0 Å². The van der Waals surface area contributed by atoms with Gasteiger partial charge in [-0.15, -0.1) is 0 Å². The molecule has 1 heterocycles. The minimum absolute atomic E-state index is 0.106. The fraction of sp³-hybridized carbons (Fsp3) is 0.409. The Morgan fingerprint density at radius 1 is 1.12 bits per heavy atom. The molecule has 2 aromatic rings. The number of halogens is 2. The zero-order valence-electron chi connectivity index (χ0n) is 17.6. The van der Waals surface area contributed by atoms with Crippen LogP contribution in [0.5, 0.6) is 0 Å². The summed E-state index contributed by atoms with van der Waals surface area (Å²) in [5, 5.41) is 13.4. The standard InChI is InChI=1S/C22H26Cl2N2O5S/c1-14-2-6-17(7-3-14)32(29,30)26-20-9-5-16(31-21(20)13-27)11-22(28)25-12-15-4-8-18(23)19(24)10-15/h2-4,6-8,10,16,20-21,26-27H,5,9,11-13H2,1H3,(H,25,28)/t16-,20-,21-/m1/s1. The van der Waals surface area contributed by atoms with Gasteiger partial charge in [0.2, 0.25) is 15.9 Å². The quantitative estimate of drug-likeness (QED) is 0.516. The fourth-order valence-corrected chi connectivity index (χ4v) is 5.15. The zero-order valence-corrected chi connectivity index (χ0v) is 19.9. The molecule has 1 saturated heterocycles. The average molecular weight is 501 g/mol. The number of hydrogen-bond donors (Lipinski definition) is 3. The van der Waals surface area contributed by atoms with Gasteiger partial charge in [-0.1, -0.05) is 47.0 Å². The predicted octanol–water partition coefficient (Wildman–Crippen LogP) is 3.20. The maximum atomic E-state index is 12.7. The number of rotatable bonds is 8. The van der Waals surface area contributed by atoms with Crippen LogP contribution in [0, 0.1) is 6.92 Å². The molecule has 0 radical (unpaired) electrons. The van der Waals surface area contributed by atoms with Crippen LogP contribution in [0.25, 0.3) is 0 Å². The minimum atomic E-state index is -3.75. The van der Waals surface area contributed by atoms with Crippen molar-refractivity contribution in [3.63, 3.8) is 0 Å². The van der Waals surface area contributed by atoms with E-state index in [9.17, 15) is 18.3 Å². The van der Waals surface area contributed by atoms with Gasteiger partial charge in [-0.2, -0.15) is 0 Å². The summed E-state index contributed by atoms with van der Waals surface area (Å²) in [4.78, 5) is 12.5. The third kappa shape index (κ3) is 6.66. The second kappa shape index (κ2) is 11.0. The highest BCUT2D eigenvalue weighted by molar-refractivity contribution is 7.89. The fourth-order valence-electron chi connectivity index (χ4n) is 3.53. The lowest BCUT2D eigenvalue weighted by atomic mass is 9.98. The summed E-state index contributed by atoms with van der Waals surface area (Å²) in [6.45, 7) is 1.81. The van der Waals surface area contributed by atoms with Crippen molar-refractivity contribution in [1.29, 1.82) is 0 Å². The molecule has 2 aromatic carbocycles. The van der Waals surface area contributed by atoms with E-state index >= 15 is 0 Å². The molecule has 3 N–H and O–H groups in total. The molecule has 1 aliphatic rings.